The summed E-state index contributed by atoms with van der Waals surface area (Å²) in [4.78, 5) is 19.8. The van der Waals surface area contributed by atoms with Crippen LogP contribution in [0.3, 0.4) is 0 Å². The van der Waals surface area contributed by atoms with Gasteiger partial charge in [0.05, 0.1) is 12.8 Å². The average Bonchev–Trinajstić information content (AvgIpc) is 3.18. The number of carbonyl (C=O) groups excluding carboxylic acids is 1. The molecule has 0 aromatic carbocycles. The van der Waals surface area contributed by atoms with E-state index in [9.17, 15) is 18.0 Å². The van der Waals surface area contributed by atoms with E-state index in [1.54, 1.807) is 19.1 Å². The van der Waals surface area contributed by atoms with Crippen LogP contribution in [0.5, 0.6) is 0 Å². The van der Waals surface area contributed by atoms with Crippen molar-refractivity contribution in [3.63, 3.8) is 0 Å². The SMILES string of the molecule is [C-]#[N+]c1ccc(-c2cc(C)c3ncc(C(=O)N[C@H](C4CC4)C(F)(F)F)n3n2)o1. The van der Waals surface area contributed by atoms with Crippen LogP contribution < -0.4 is 5.32 Å². The summed E-state index contributed by atoms with van der Waals surface area (Å²) in [6.07, 6.45) is -2.46. The van der Waals surface area contributed by atoms with E-state index in [2.05, 4.69) is 20.2 Å². The molecule has 0 unspecified atom stereocenters. The Morgan fingerprint density at radius 2 is 2.18 bits per heavy atom. The second-order valence-corrected chi connectivity index (χ2v) is 6.67. The fourth-order valence-corrected chi connectivity index (χ4v) is 3.03. The number of amides is 1. The summed E-state index contributed by atoms with van der Waals surface area (Å²) in [6.45, 7) is 8.70. The highest BCUT2D eigenvalue weighted by Crippen LogP contribution is 2.40. The lowest BCUT2D eigenvalue weighted by molar-refractivity contribution is -0.158. The monoisotopic (exact) mass is 389 g/mol. The van der Waals surface area contributed by atoms with Crippen molar-refractivity contribution in [1.82, 2.24) is 19.9 Å². The lowest BCUT2D eigenvalue weighted by atomic mass is 10.1. The Labute approximate surface area is 157 Å². The number of halogens is 3. The van der Waals surface area contributed by atoms with E-state index in [1.807, 2.05) is 0 Å². The van der Waals surface area contributed by atoms with E-state index in [-0.39, 0.29) is 11.6 Å². The first kappa shape index (κ1) is 18.0. The van der Waals surface area contributed by atoms with Crippen molar-refractivity contribution in [2.75, 3.05) is 0 Å². The number of alkyl halides is 3. The van der Waals surface area contributed by atoms with Crippen LogP contribution in [0.4, 0.5) is 19.1 Å². The Kier molecular flexibility index (Phi) is 4.10. The number of furan rings is 1. The number of nitrogens with one attached hydrogen (secondary N) is 1. The highest BCUT2D eigenvalue weighted by molar-refractivity contribution is 5.93. The van der Waals surface area contributed by atoms with Gasteiger partial charge < -0.3 is 9.73 Å². The van der Waals surface area contributed by atoms with Crippen LogP contribution >= 0.6 is 0 Å². The molecule has 1 aliphatic carbocycles. The van der Waals surface area contributed by atoms with Crippen LogP contribution in [0.2, 0.25) is 0 Å². The maximum atomic E-state index is 13.2. The minimum atomic E-state index is -4.52. The summed E-state index contributed by atoms with van der Waals surface area (Å²) in [6, 6.07) is 2.82. The van der Waals surface area contributed by atoms with Gasteiger partial charge in [-0.1, -0.05) is 0 Å². The summed E-state index contributed by atoms with van der Waals surface area (Å²) < 4.78 is 46.2. The van der Waals surface area contributed by atoms with Gasteiger partial charge in [-0.05, 0) is 49.4 Å². The van der Waals surface area contributed by atoms with Gasteiger partial charge in [0, 0.05) is 0 Å². The standard InChI is InChI=1S/C18H14F3N5O2/c1-9-7-11(13-5-6-14(22-2)28-13)25-26-12(8-23-16(9)26)17(27)24-15(10-3-4-10)18(19,20)21/h5-8,10,15H,3-4H2,1H3,(H,24,27)/t15-/m1/s1. The third kappa shape index (κ3) is 3.19. The maximum absolute atomic E-state index is 13.2. The van der Waals surface area contributed by atoms with Gasteiger partial charge in [0.15, 0.2) is 11.3 Å². The van der Waals surface area contributed by atoms with Gasteiger partial charge >= 0.3 is 12.1 Å². The molecule has 10 heteroatoms. The van der Waals surface area contributed by atoms with Crippen molar-refractivity contribution >= 4 is 17.4 Å². The van der Waals surface area contributed by atoms with Gasteiger partial charge in [0.2, 0.25) is 0 Å². The number of imidazole rings is 1. The van der Waals surface area contributed by atoms with Gasteiger partial charge in [-0.25, -0.2) is 9.50 Å². The van der Waals surface area contributed by atoms with Gasteiger partial charge in [-0.15, -0.1) is 0 Å². The van der Waals surface area contributed by atoms with Crippen LogP contribution in [-0.2, 0) is 0 Å². The van der Waals surface area contributed by atoms with E-state index in [4.69, 9.17) is 11.0 Å². The van der Waals surface area contributed by atoms with Gasteiger partial charge in [-0.2, -0.15) is 23.1 Å². The number of rotatable bonds is 4. The smallest absolute Gasteiger partial charge is 0.408 e. The van der Waals surface area contributed by atoms with Gasteiger partial charge in [-0.3, -0.25) is 4.79 Å². The van der Waals surface area contributed by atoms with Crippen molar-refractivity contribution in [2.24, 2.45) is 5.92 Å². The van der Waals surface area contributed by atoms with E-state index in [0.29, 0.717) is 35.5 Å². The van der Waals surface area contributed by atoms with E-state index >= 15 is 0 Å². The Bertz CT molecular complexity index is 1100. The predicted octanol–water partition coefficient (Wildman–Crippen LogP) is 3.92. The molecule has 1 atom stereocenters. The molecule has 0 aliphatic heterocycles. The van der Waals surface area contributed by atoms with Gasteiger partial charge in [0.1, 0.15) is 17.5 Å². The molecule has 28 heavy (non-hydrogen) atoms. The Morgan fingerprint density at radius 3 is 2.79 bits per heavy atom. The molecule has 1 N–H and O–H groups in total. The number of nitrogens with zero attached hydrogens (tertiary/aromatic N) is 4. The first-order valence-corrected chi connectivity index (χ1v) is 8.48. The molecule has 144 valence electrons. The van der Waals surface area contributed by atoms with Crippen molar-refractivity contribution in [3.05, 3.63) is 47.1 Å². The van der Waals surface area contributed by atoms with E-state index in [1.165, 1.54) is 16.8 Å². The zero-order valence-electron chi connectivity index (χ0n) is 14.6. The topological polar surface area (TPSA) is 76.8 Å². The van der Waals surface area contributed by atoms with Crippen molar-refractivity contribution in [1.29, 1.82) is 0 Å². The van der Waals surface area contributed by atoms with Crippen molar-refractivity contribution in [2.45, 2.75) is 32.0 Å². The maximum Gasteiger partial charge on any atom is 0.408 e. The highest BCUT2D eigenvalue weighted by atomic mass is 19.4. The van der Waals surface area contributed by atoms with Crippen molar-refractivity contribution in [3.8, 4) is 11.5 Å². The minimum absolute atomic E-state index is 0.0793. The second kappa shape index (κ2) is 6.37. The molecule has 0 spiro atoms. The van der Waals surface area contributed by atoms with Crippen LogP contribution in [0.1, 0.15) is 28.9 Å². The summed E-state index contributed by atoms with van der Waals surface area (Å²) >= 11 is 0. The minimum Gasteiger partial charge on any atom is -0.478 e. The first-order chi connectivity index (χ1) is 13.3. The third-order valence-corrected chi connectivity index (χ3v) is 4.57. The molecule has 0 saturated heterocycles. The zero-order chi connectivity index (χ0) is 20.1. The highest BCUT2D eigenvalue weighted by Gasteiger charge is 2.49. The Morgan fingerprint density at radius 1 is 1.43 bits per heavy atom. The van der Waals surface area contributed by atoms with Gasteiger partial charge in [0.25, 0.3) is 5.91 Å². The molecule has 3 aromatic heterocycles. The summed E-state index contributed by atoms with van der Waals surface area (Å²) in [5.74, 6) is -1.10. The van der Waals surface area contributed by atoms with Crippen LogP contribution in [0, 0.1) is 19.4 Å². The lowest BCUT2D eigenvalue weighted by Gasteiger charge is -2.21. The number of fused-ring (bicyclic) bond motifs is 1. The predicted molar refractivity (Wildman–Crippen MR) is 91.7 cm³/mol. The first-order valence-electron chi connectivity index (χ1n) is 8.48. The summed E-state index contributed by atoms with van der Waals surface area (Å²) in [7, 11) is 0. The molecule has 3 heterocycles. The molecule has 0 bridgehead atoms. The molecule has 1 fully saturated rings. The molecule has 1 saturated carbocycles. The number of hydrogen-bond donors (Lipinski definition) is 1. The fourth-order valence-electron chi connectivity index (χ4n) is 3.03. The van der Waals surface area contributed by atoms with Crippen LogP contribution in [-0.4, -0.2) is 32.7 Å². The number of carbonyl (C=O) groups is 1. The second-order valence-electron chi connectivity index (χ2n) is 6.67. The Hall–Kier alpha value is -3.35. The van der Waals surface area contributed by atoms with Crippen LogP contribution in [0.15, 0.2) is 28.8 Å². The third-order valence-electron chi connectivity index (χ3n) is 4.57. The fraction of sp³-hybridized carbons (Fsp3) is 0.333. The Balaban J connectivity index is 1.71. The van der Waals surface area contributed by atoms with E-state index < -0.39 is 24.0 Å². The average molecular weight is 389 g/mol. The molecule has 3 aromatic rings. The quantitative estimate of drug-likeness (QED) is 0.686. The number of aryl methyl sites for hydroxylation is 1. The summed E-state index contributed by atoms with van der Waals surface area (Å²) in [5.41, 5.74) is 1.23. The number of hydrogen-bond acceptors (Lipinski definition) is 4. The lowest BCUT2D eigenvalue weighted by Crippen LogP contribution is -2.47. The molecule has 7 nitrogen and oxygen atoms in total. The largest absolute Gasteiger partial charge is 0.478 e. The molecule has 4 rings (SSSR count). The number of aromatic nitrogens is 3. The van der Waals surface area contributed by atoms with Crippen molar-refractivity contribution < 1.29 is 22.4 Å². The molecule has 1 amide bonds. The molecular formula is C18H14F3N5O2. The molecule has 1 aliphatic rings. The molecular weight excluding hydrogens is 375 g/mol. The normalized spacial score (nSPS) is 15.4. The zero-order valence-corrected chi connectivity index (χ0v) is 14.6. The van der Waals surface area contributed by atoms with E-state index in [0.717, 1.165) is 0 Å². The van der Waals surface area contributed by atoms with Crippen LogP contribution in [0.25, 0.3) is 21.9 Å². The molecule has 0 radical (unpaired) electrons. The summed E-state index contributed by atoms with van der Waals surface area (Å²) in [5, 5.41) is 6.36.